The van der Waals surface area contributed by atoms with Crippen molar-refractivity contribution in [1.82, 2.24) is 5.32 Å². The number of nitrogens with one attached hydrogen (secondary N) is 1. The molecule has 0 saturated carbocycles. The number of thioether (sulfide) groups is 1. The van der Waals surface area contributed by atoms with Crippen LogP contribution in [0.5, 0.6) is 0 Å². The molecule has 1 N–H and O–H groups in total. The summed E-state index contributed by atoms with van der Waals surface area (Å²) in [5.41, 5.74) is 1.64. The lowest BCUT2D eigenvalue weighted by Crippen LogP contribution is -2.35. The number of benzene rings is 2. The van der Waals surface area contributed by atoms with E-state index >= 15 is 0 Å². The summed E-state index contributed by atoms with van der Waals surface area (Å²) in [5.74, 6) is -1.01. The molecule has 29 heavy (non-hydrogen) atoms. The van der Waals surface area contributed by atoms with Crippen molar-refractivity contribution in [2.24, 2.45) is 5.92 Å². The lowest BCUT2D eigenvalue weighted by atomic mass is 9.97. The van der Waals surface area contributed by atoms with Crippen LogP contribution in [0.15, 0.2) is 60.7 Å². The van der Waals surface area contributed by atoms with Crippen LogP contribution in [0.1, 0.15) is 35.2 Å². The molecule has 3 rings (SSSR count). The van der Waals surface area contributed by atoms with Crippen molar-refractivity contribution >= 4 is 28.8 Å². The first-order valence-corrected chi connectivity index (χ1v) is 10.9. The van der Waals surface area contributed by atoms with E-state index in [1.807, 2.05) is 48.5 Å². The van der Waals surface area contributed by atoms with Gasteiger partial charge < -0.3 is 10.1 Å². The van der Waals surface area contributed by atoms with Crippen LogP contribution in [0.25, 0.3) is 0 Å². The normalized spacial score (nSPS) is 16.9. The molecule has 1 saturated heterocycles. The van der Waals surface area contributed by atoms with Crippen LogP contribution in [-0.4, -0.2) is 35.4 Å². The number of hydrogen-bond donors (Lipinski definition) is 1. The molecule has 1 heterocycles. The molecular weight excluding hydrogens is 386 g/mol. The third kappa shape index (κ3) is 6.54. The Morgan fingerprint density at radius 3 is 2.38 bits per heavy atom. The number of carbonyl (C=O) groups is 3. The van der Waals surface area contributed by atoms with Crippen LogP contribution >= 0.6 is 11.8 Å². The molecule has 152 valence electrons. The topological polar surface area (TPSA) is 72.5 Å². The Hall–Kier alpha value is -2.44. The second-order valence-corrected chi connectivity index (χ2v) is 8.13. The zero-order valence-electron chi connectivity index (χ0n) is 16.2. The fourth-order valence-corrected chi connectivity index (χ4v) is 4.18. The molecule has 2 atom stereocenters. The fraction of sp³-hybridized carbons (Fsp3) is 0.348. The van der Waals surface area contributed by atoms with Gasteiger partial charge in [0.15, 0.2) is 0 Å². The lowest BCUT2D eigenvalue weighted by Gasteiger charge is -2.16. The van der Waals surface area contributed by atoms with E-state index in [4.69, 9.17) is 4.74 Å². The number of carbonyl (C=O) groups excluding carboxylic acids is 3. The maximum absolute atomic E-state index is 12.7. The Bertz CT molecular complexity index is 819. The summed E-state index contributed by atoms with van der Waals surface area (Å²) in [6.45, 7) is 0.764. The number of rotatable bonds is 8. The molecule has 0 spiro atoms. The Balaban J connectivity index is 1.58. The molecule has 0 aliphatic carbocycles. The first-order valence-electron chi connectivity index (χ1n) is 9.88. The second-order valence-electron chi connectivity index (χ2n) is 7.07. The number of esters is 2. The summed E-state index contributed by atoms with van der Waals surface area (Å²) < 4.78 is 5.18. The van der Waals surface area contributed by atoms with Gasteiger partial charge in [-0.2, -0.15) is 0 Å². The quantitative estimate of drug-likeness (QED) is 0.528. The minimum atomic E-state index is -0.514. The standard InChI is InChI=1S/C23H25NO4S/c25-21(28-22(26)20-12-7-14-24-20)19(16-17-8-3-1-4-9-17)13-15-29-23(27)18-10-5-2-6-11-18/h1-6,8-11,19-20,24H,7,12-16H2/t19?,20-/m0/s1. The first-order chi connectivity index (χ1) is 14.1. The van der Waals surface area contributed by atoms with E-state index < -0.39 is 23.9 Å². The second kappa shape index (κ2) is 10.9. The van der Waals surface area contributed by atoms with Crippen LogP contribution in [-0.2, 0) is 20.7 Å². The maximum Gasteiger partial charge on any atom is 0.330 e. The Morgan fingerprint density at radius 2 is 1.72 bits per heavy atom. The molecule has 1 aliphatic rings. The molecule has 6 heteroatoms. The minimum absolute atomic E-state index is 0.0244. The van der Waals surface area contributed by atoms with Gasteiger partial charge >= 0.3 is 11.9 Å². The highest BCUT2D eigenvalue weighted by atomic mass is 32.2. The highest BCUT2D eigenvalue weighted by Gasteiger charge is 2.29. The van der Waals surface area contributed by atoms with Crippen molar-refractivity contribution < 1.29 is 19.1 Å². The Labute approximate surface area is 175 Å². The molecule has 2 aromatic rings. The van der Waals surface area contributed by atoms with Crippen molar-refractivity contribution in [3.63, 3.8) is 0 Å². The zero-order valence-corrected chi connectivity index (χ0v) is 17.0. The Kier molecular flexibility index (Phi) is 8.02. The van der Waals surface area contributed by atoms with Gasteiger partial charge in [-0.1, -0.05) is 72.4 Å². The lowest BCUT2D eigenvalue weighted by molar-refractivity contribution is -0.164. The van der Waals surface area contributed by atoms with E-state index in [1.165, 1.54) is 11.8 Å². The molecule has 0 bridgehead atoms. The minimum Gasteiger partial charge on any atom is -0.392 e. The molecule has 0 aromatic heterocycles. The smallest absolute Gasteiger partial charge is 0.330 e. The van der Waals surface area contributed by atoms with Crippen molar-refractivity contribution in [3.05, 3.63) is 71.8 Å². The summed E-state index contributed by atoms with van der Waals surface area (Å²) >= 11 is 1.19. The monoisotopic (exact) mass is 411 g/mol. The van der Waals surface area contributed by atoms with Gasteiger partial charge in [-0.3, -0.25) is 9.59 Å². The third-order valence-electron chi connectivity index (χ3n) is 4.91. The summed E-state index contributed by atoms with van der Waals surface area (Å²) in [6.07, 6.45) is 2.53. The van der Waals surface area contributed by atoms with Gasteiger partial charge in [0.25, 0.3) is 0 Å². The summed E-state index contributed by atoms with van der Waals surface area (Å²) in [4.78, 5) is 37.2. The summed E-state index contributed by atoms with van der Waals surface area (Å²) in [5, 5.41) is 3.03. The van der Waals surface area contributed by atoms with Crippen LogP contribution in [0.2, 0.25) is 0 Å². The highest BCUT2D eigenvalue weighted by molar-refractivity contribution is 8.14. The van der Waals surface area contributed by atoms with Crippen LogP contribution in [0, 0.1) is 5.92 Å². The molecule has 5 nitrogen and oxygen atoms in total. The van der Waals surface area contributed by atoms with E-state index in [0.717, 1.165) is 18.5 Å². The largest absolute Gasteiger partial charge is 0.392 e. The summed E-state index contributed by atoms with van der Waals surface area (Å²) in [6, 6.07) is 18.3. The maximum atomic E-state index is 12.7. The van der Waals surface area contributed by atoms with E-state index in [1.54, 1.807) is 12.1 Å². The molecular formula is C23H25NO4S. The van der Waals surface area contributed by atoms with Crippen molar-refractivity contribution in [2.75, 3.05) is 12.3 Å². The van der Waals surface area contributed by atoms with E-state index in [-0.39, 0.29) is 5.12 Å². The zero-order chi connectivity index (χ0) is 20.5. The highest BCUT2D eigenvalue weighted by Crippen LogP contribution is 2.20. The number of ether oxygens (including phenoxy) is 1. The molecule has 2 aromatic carbocycles. The first kappa shape index (κ1) is 21.3. The predicted octanol–water partition coefficient (Wildman–Crippen LogP) is 3.63. The average Bonchev–Trinajstić information content (AvgIpc) is 3.29. The third-order valence-corrected chi connectivity index (χ3v) is 5.85. The molecule has 1 unspecified atom stereocenters. The van der Waals surface area contributed by atoms with E-state index in [0.29, 0.717) is 30.6 Å². The number of hydrogen-bond acceptors (Lipinski definition) is 6. The van der Waals surface area contributed by atoms with Gasteiger partial charge in [0.2, 0.25) is 5.12 Å². The van der Waals surface area contributed by atoms with Gasteiger partial charge in [0.05, 0.1) is 5.92 Å². The van der Waals surface area contributed by atoms with Crippen LogP contribution in [0.3, 0.4) is 0 Å². The molecule has 1 fully saturated rings. The van der Waals surface area contributed by atoms with Crippen LogP contribution < -0.4 is 5.32 Å². The molecule has 1 aliphatic heterocycles. The van der Waals surface area contributed by atoms with E-state index in [9.17, 15) is 14.4 Å². The molecule has 0 amide bonds. The SMILES string of the molecule is O=C(SCCC(Cc1ccccc1)C(=O)OC(=O)[C@@H]1CCCN1)c1ccccc1. The Morgan fingerprint density at radius 1 is 1.03 bits per heavy atom. The van der Waals surface area contributed by atoms with Gasteiger partial charge in [-0.05, 0) is 37.8 Å². The average molecular weight is 412 g/mol. The molecule has 0 radical (unpaired) electrons. The van der Waals surface area contributed by atoms with E-state index in [2.05, 4.69) is 5.32 Å². The fourth-order valence-electron chi connectivity index (χ4n) is 3.29. The van der Waals surface area contributed by atoms with Crippen molar-refractivity contribution in [2.45, 2.75) is 31.7 Å². The van der Waals surface area contributed by atoms with Gasteiger partial charge in [-0.15, -0.1) is 0 Å². The van der Waals surface area contributed by atoms with Gasteiger partial charge in [0.1, 0.15) is 6.04 Å². The van der Waals surface area contributed by atoms with Crippen LogP contribution in [0.4, 0.5) is 0 Å². The predicted molar refractivity (Wildman–Crippen MR) is 114 cm³/mol. The van der Waals surface area contributed by atoms with Gasteiger partial charge in [-0.25, -0.2) is 4.79 Å². The summed E-state index contributed by atoms with van der Waals surface area (Å²) in [7, 11) is 0. The van der Waals surface area contributed by atoms with Gasteiger partial charge in [0, 0.05) is 11.3 Å². The van der Waals surface area contributed by atoms with Crippen molar-refractivity contribution in [1.29, 1.82) is 0 Å². The van der Waals surface area contributed by atoms with Crippen molar-refractivity contribution in [3.8, 4) is 0 Å².